The Balaban J connectivity index is 2.06. The molecule has 1 unspecified atom stereocenters. The Kier molecular flexibility index (Phi) is 4.21. The second-order valence-corrected chi connectivity index (χ2v) is 4.97. The van der Waals surface area contributed by atoms with E-state index in [4.69, 9.17) is 16.9 Å². The van der Waals surface area contributed by atoms with Crippen LogP contribution >= 0.6 is 22.9 Å². The van der Waals surface area contributed by atoms with Crippen molar-refractivity contribution in [2.75, 3.05) is 11.9 Å². The fourth-order valence-electron chi connectivity index (χ4n) is 1.55. The van der Waals surface area contributed by atoms with Crippen LogP contribution in [0.5, 0.6) is 0 Å². The van der Waals surface area contributed by atoms with Gasteiger partial charge in [-0.3, -0.25) is 0 Å². The molecule has 0 aliphatic carbocycles. The number of nitrogens with zero attached hydrogens (tertiary/aromatic N) is 1. The predicted molar refractivity (Wildman–Crippen MR) is 73.9 cm³/mol. The standard InChI is InChI=1S/C13H11ClN2OS/c14-11-2-1-9(6-15)12(5-11)16-7-13(17)10-3-4-18-8-10/h1-5,8,13,16-17H,7H2. The van der Waals surface area contributed by atoms with Gasteiger partial charge in [0.05, 0.1) is 17.4 Å². The Morgan fingerprint density at radius 3 is 2.94 bits per heavy atom. The van der Waals surface area contributed by atoms with Crippen molar-refractivity contribution >= 4 is 28.6 Å². The SMILES string of the molecule is N#Cc1ccc(Cl)cc1NCC(O)c1ccsc1. The summed E-state index contributed by atoms with van der Waals surface area (Å²) < 4.78 is 0. The van der Waals surface area contributed by atoms with Crippen LogP contribution in [-0.2, 0) is 0 Å². The normalized spacial score (nSPS) is 11.8. The highest BCUT2D eigenvalue weighted by atomic mass is 35.5. The van der Waals surface area contributed by atoms with Crippen molar-refractivity contribution in [3.8, 4) is 6.07 Å². The summed E-state index contributed by atoms with van der Waals surface area (Å²) in [4.78, 5) is 0. The Morgan fingerprint density at radius 1 is 1.44 bits per heavy atom. The van der Waals surface area contributed by atoms with Crippen molar-refractivity contribution in [2.45, 2.75) is 6.10 Å². The van der Waals surface area contributed by atoms with Gasteiger partial charge in [-0.05, 0) is 40.6 Å². The molecule has 1 atom stereocenters. The Morgan fingerprint density at radius 2 is 2.28 bits per heavy atom. The molecule has 18 heavy (non-hydrogen) atoms. The lowest BCUT2D eigenvalue weighted by Crippen LogP contribution is -2.12. The number of rotatable bonds is 4. The first-order valence-electron chi connectivity index (χ1n) is 5.34. The van der Waals surface area contributed by atoms with Gasteiger partial charge in [0.15, 0.2) is 0 Å². The molecule has 3 nitrogen and oxygen atoms in total. The molecule has 1 heterocycles. The number of aliphatic hydroxyl groups is 1. The van der Waals surface area contributed by atoms with E-state index < -0.39 is 6.10 Å². The number of hydrogen-bond donors (Lipinski definition) is 2. The van der Waals surface area contributed by atoms with E-state index in [0.29, 0.717) is 22.8 Å². The van der Waals surface area contributed by atoms with Crippen molar-refractivity contribution in [1.29, 1.82) is 5.26 Å². The lowest BCUT2D eigenvalue weighted by Gasteiger charge is -2.12. The lowest BCUT2D eigenvalue weighted by atomic mass is 10.1. The van der Waals surface area contributed by atoms with Gasteiger partial charge in [0.25, 0.3) is 0 Å². The molecule has 0 aliphatic heterocycles. The summed E-state index contributed by atoms with van der Waals surface area (Å²) in [6.07, 6.45) is -0.596. The number of aliphatic hydroxyl groups excluding tert-OH is 1. The van der Waals surface area contributed by atoms with Gasteiger partial charge in [-0.1, -0.05) is 11.6 Å². The number of benzene rings is 1. The maximum absolute atomic E-state index is 9.93. The fraction of sp³-hybridized carbons (Fsp3) is 0.154. The molecule has 0 aliphatic rings. The van der Waals surface area contributed by atoms with Crippen molar-refractivity contribution in [1.82, 2.24) is 0 Å². The van der Waals surface area contributed by atoms with Crippen LogP contribution in [0.3, 0.4) is 0 Å². The summed E-state index contributed by atoms with van der Waals surface area (Å²) in [6.45, 7) is 0.339. The van der Waals surface area contributed by atoms with Gasteiger partial charge in [-0.25, -0.2) is 0 Å². The molecule has 92 valence electrons. The van der Waals surface area contributed by atoms with Crippen molar-refractivity contribution in [3.05, 3.63) is 51.2 Å². The highest BCUT2D eigenvalue weighted by Crippen LogP contribution is 2.22. The van der Waals surface area contributed by atoms with E-state index in [0.717, 1.165) is 5.56 Å². The molecule has 0 saturated heterocycles. The lowest BCUT2D eigenvalue weighted by molar-refractivity contribution is 0.192. The minimum atomic E-state index is -0.596. The highest BCUT2D eigenvalue weighted by molar-refractivity contribution is 7.07. The largest absolute Gasteiger partial charge is 0.387 e. The Labute approximate surface area is 114 Å². The molecule has 0 saturated carbocycles. The smallest absolute Gasteiger partial charge is 0.101 e. The second-order valence-electron chi connectivity index (χ2n) is 3.76. The molecule has 0 amide bonds. The third kappa shape index (κ3) is 3.02. The quantitative estimate of drug-likeness (QED) is 0.901. The first-order valence-corrected chi connectivity index (χ1v) is 6.66. The van der Waals surface area contributed by atoms with Gasteiger partial charge in [-0.15, -0.1) is 0 Å². The van der Waals surface area contributed by atoms with E-state index in [1.807, 2.05) is 16.8 Å². The van der Waals surface area contributed by atoms with E-state index in [1.54, 1.807) is 18.2 Å². The van der Waals surface area contributed by atoms with Crippen LogP contribution in [0, 0.1) is 11.3 Å². The molecule has 1 aromatic carbocycles. The number of hydrogen-bond acceptors (Lipinski definition) is 4. The van der Waals surface area contributed by atoms with E-state index >= 15 is 0 Å². The van der Waals surface area contributed by atoms with Crippen LogP contribution in [0.2, 0.25) is 5.02 Å². The molecular weight excluding hydrogens is 268 g/mol. The molecule has 0 radical (unpaired) electrons. The van der Waals surface area contributed by atoms with Crippen LogP contribution < -0.4 is 5.32 Å². The minimum Gasteiger partial charge on any atom is -0.387 e. The van der Waals surface area contributed by atoms with Gasteiger partial charge in [0.1, 0.15) is 6.07 Å². The number of thiophene rings is 1. The van der Waals surface area contributed by atoms with E-state index in [9.17, 15) is 5.11 Å². The van der Waals surface area contributed by atoms with E-state index in [-0.39, 0.29) is 0 Å². The predicted octanol–water partition coefficient (Wildman–Crippen LogP) is 3.42. The summed E-state index contributed by atoms with van der Waals surface area (Å²) >= 11 is 7.42. The summed E-state index contributed by atoms with van der Waals surface area (Å²) in [7, 11) is 0. The van der Waals surface area contributed by atoms with Gasteiger partial charge in [-0.2, -0.15) is 16.6 Å². The monoisotopic (exact) mass is 278 g/mol. The number of nitrogens with one attached hydrogen (secondary N) is 1. The molecule has 0 fully saturated rings. The number of anilines is 1. The summed E-state index contributed by atoms with van der Waals surface area (Å²) in [5.74, 6) is 0. The van der Waals surface area contributed by atoms with Crippen molar-refractivity contribution < 1.29 is 5.11 Å². The number of nitriles is 1. The highest BCUT2D eigenvalue weighted by Gasteiger charge is 2.09. The summed E-state index contributed by atoms with van der Waals surface area (Å²) in [6, 6.07) is 8.96. The molecule has 2 rings (SSSR count). The van der Waals surface area contributed by atoms with Crippen molar-refractivity contribution in [2.24, 2.45) is 0 Å². The molecule has 1 aromatic heterocycles. The molecular formula is C13H11ClN2OS. The van der Waals surface area contributed by atoms with Crippen LogP contribution in [-0.4, -0.2) is 11.7 Å². The number of halogens is 1. The van der Waals surface area contributed by atoms with Crippen molar-refractivity contribution in [3.63, 3.8) is 0 Å². The molecule has 2 aromatic rings. The van der Waals surface area contributed by atoms with Crippen LogP contribution in [0.25, 0.3) is 0 Å². The summed E-state index contributed by atoms with van der Waals surface area (Å²) in [5.41, 5.74) is 2.02. The molecule has 2 N–H and O–H groups in total. The maximum Gasteiger partial charge on any atom is 0.101 e. The topological polar surface area (TPSA) is 56.0 Å². The average molecular weight is 279 g/mol. The first-order chi connectivity index (χ1) is 8.70. The third-order valence-corrected chi connectivity index (χ3v) is 3.45. The fourth-order valence-corrected chi connectivity index (χ4v) is 2.43. The molecule has 0 bridgehead atoms. The zero-order valence-corrected chi connectivity index (χ0v) is 11.0. The van der Waals surface area contributed by atoms with Gasteiger partial charge >= 0.3 is 0 Å². The average Bonchev–Trinajstić information content (AvgIpc) is 2.90. The van der Waals surface area contributed by atoms with Crippen LogP contribution in [0.15, 0.2) is 35.0 Å². The van der Waals surface area contributed by atoms with Crippen LogP contribution in [0.1, 0.15) is 17.2 Å². The second kappa shape index (κ2) is 5.87. The Bertz CT molecular complexity index is 563. The third-order valence-electron chi connectivity index (χ3n) is 2.52. The zero-order valence-electron chi connectivity index (χ0n) is 9.43. The Hall–Kier alpha value is -1.54. The van der Waals surface area contributed by atoms with Crippen LogP contribution in [0.4, 0.5) is 5.69 Å². The summed E-state index contributed by atoms with van der Waals surface area (Å²) in [5, 5.41) is 26.3. The first kappa shape index (κ1) is 12.9. The van der Waals surface area contributed by atoms with Gasteiger partial charge < -0.3 is 10.4 Å². The van der Waals surface area contributed by atoms with Gasteiger partial charge in [0.2, 0.25) is 0 Å². The molecule has 5 heteroatoms. The van der Waals surface area contributed by atoms with Gasteiger partial charge in [0, 0.05) is 11.6 Å². The minimum absolute atomic E-state index is 0.339. The zero-order chi connectivity index (χ0) is 13.0. The van der Waals surface area contributed by atoms with E-state index in [2.05, 4.69) is 11.4 Å². The van der Waals surface area contributed by atoms with E-state index in [1.165, 1.54) is 11.3 Å². The maximum atomic E-state index is 9.93. The molecule has 0 spiro atoms.